The van der Waals surface area contributed by atoms with Gasteiger partial charge in [-0.2, -0.15) is 0 Å². The van der Waals surface area contributed by atoms with Gasteiger partial charge < -0.3 is 18.9 Å². The number of hydrogen-bond donors (Lipinski definition) is 0. The quantitative estimate of drug-likeness (QED) is 0.746. The summed E-state index contributed by atoms with van der Waals surface area (Å²) in [6.45, 7) is 2.74. The summed E-state index contributed by atoms with van der Waals surface area (Å²) in [4.78, 5) is 12.6. The van der Waals surface area contributed by atoms with Crippen molar-refractivity contribution in [3.05, 3.63) is 59.7 Å². The van der Waals surface area contributed by atoms with E-state index in [9.17, 15) is 4.79 Å². The SMILES string of the molecule is O=C(c1ccc(OC2CCOC2)cc1)c1ccc(OC2CCOC2)cc1. The Labute approximate surface area is 152 Å². The second-order valence-corrected chi connectivity index (χ2v) is 6.58. The first kappa shape index (κ1) is 17.1. The Morgan fingerprint density at radius 2 is 1.15 bits per heavy atom. The molecular weight excluding hydrogens is 332 g/mol. The van der Waals surface area contributed by atoms with Crippen molar-refractivity contribution >= 4 is 5.78 Å². The normalized spacial score (nSPS) is 22.3. The molecule has 2 unspecified atom stereocenters. The fraction of sp³-hybridized carbons (Fsp3) is 0.381. The zero-order valence-electron chi connectivity index (χ0n) is 14.6. The third-order valence-electron chi connectivity index (χ3n) is 4.61. The second kappa shape index (κ2) is 7.89. The number of ether oxygens (including phenoxy) is 4. The van der Waals surface area contributed by atoms with Crippen LogP contribution >= 0.6 is 0 Å². The number of carbonyl (C=O) groups excluding carboxylic acids is 1. The van der Waals surface area contributed by atoms with Gasteiger partial charge >= 0.3 is 0 Å². The number of carbonyl (C=O) groups is 1. The minimum Gasteiger partial charge on any atom is -0.488 e. The molecule has 0 radical (unpaired) electrons. The van der Waals surface area contributed by atoms with Gasteiger partial charge in [0.05, 0.1) is 26.4 Å². The van der Waals surface area contributed by atoms with Gasteiger partial charge in [0, 0.05) is 24.0 Å². The molecule has 5 heteroatoms. The van der Waals surface area contributed by atoms with Gasteiger partial charge in [0.1, 0.15) is 23.7 Å². The number of ketones is 1. The van der Waals surface area contributed by atoms with Gasteiger partial charge in [-0.15, -0.1) is 0 Å². The van der Waals surface area contributed by atoms with Crippen LogP contribution in [0.1, 0.15) is 28.8 Å². The summed E-state index contributed by atoms with van der Waals surface area (Å²) < 4.78 is 22.3. The Morgan fingerprint density at radius 3 is 1.50 bits per heavy atom. The van der Waals surface area contributed by atoms with E-state index in [1.807, 2.05) is 24.3 Å². The smallest absolute Gasteiger partial charge is 0.193 e. The highest BCUT2D eigenvalue weighted by Gasteiger charge is 2.18. The molecule has 0 amide bonds. The average molecular weight is 354 g/mol. The van der Waals surface area contributed by atoms with Gasteiger partial charge in [-0.05, 0) is 48.5 Å². The number of hydrogen-bond acceptors (Lipinski definition) is 5. The lowest BCUT2D eigenvalue weighted by Gasteiger charge is -2.12. The van der Waals surface area contributed by atoms with Gasteiger partial charge in [-0.1, -0.05) is 0 Å². The second-order valence-electron chi connectivity index (χ2n) is 6.58. The molecule has 0 aliphatic carbocycles. The molecule has 5 nitrogen and oxygen atoms in total. The molecule has 0 spiro atoms. The first-order chi connectivity index (χ1) is 12.8. The zero-order valence-corrected chi connectivity index (χ0v) is 14.6. The van der Waals surface area contributed by atoms with Gasteiger partial charge in [0.15, 0.2) is 5.78 Å². The van der Waals surface area contributed by atoms with Gasteiger partial charge in [-0.3, -0.25) is 4.79 Å². The van der Waals surface area contributed by atoms with E-state index in [0.717, 1.165) is 37.6 Å². The molecule has 2 aromatic carbocycles. The predicted molar refractivity (Wildman–Crippen MR) is 96.0 cm³/mol. The summed E-state index contributed by atoms with van der Waals surface area (Å²) in [6.07, 6.45) is 2.02. The van der Waals surface area contributed by atoms with Crippen molar-refractivity contribution in [2.24, 2.45) is 0 Å². The fourth-order valence-electron chi connectivity index (χ4n) is 3.13. The third-order valence-corrected chi connectivity index (χ3v) is 4.61. The molecule has 2 saturated heterocycles. The minimum absolute atomic E-state index is 0.0171. The van der Waals surface area contributed by atoms with Crippen LogP contribution in [0.15, 0.2) is 48.5 Å². The highest BCUT2D eigenvalue weighted by molar-refractivity contribution is 6.09. The largest absolute Gasteiger partial charge is 0.488 e. The summed E-state index contributed by atoms with van der Waals surface area (Å²) in [5.41, 5.74) is 1.27. The Hall–Kier alpha value is -2.37. The summed E-state index contributed by atoms with van der Waals surface area (Å²) in [5, 5.41) is 0. The molecule has 0 bridgehead atoms. The summed E-state index contributed by atoms with van der Waals surface area (Å²) in [7, 11) is 0. The van der Waals surface area contributed by atoms with Crippen molar-refractivity contribution in [3.63, 3.8) is 0 Å². The summed E-state index contributed by atoms with van der Waals surface area (Å²) in [5.74, 6) is 1.51. The first-order valence-corrected chi connectivity index (χ1v) is 9.01. The molecule has 2 aliphatic rings. The molecule has 2 heterocycles. The third kappa shape index (κ3) is 4.06. The van der Waals surface area contributed by atoms with E-state index in [0.29, 0.717) is 24.3 Å². The molecule has 2 atom stereocenters. The van der Waals surface area contributed by atoms with Crippen LogP contribution in [-0.2, 0) is 9.47 Å². The number of rotatable bonds is 6. The van der Waals surface area contributed by atoms with Crippen LogP contribution in [-0.4, -0.2) is 44.4 Å². The minimum atomic E-state index is -0.0171. The van der Waals surface area contributed by atoms with Crippen molar-refractivity contribution in [1.29, 1.82) is 0 Å². The Kier molecular flexibility index (Phi) is 5.18. The standard InChI is InChI=1S/C21H22O5/c22-21(15-1-5-17(6-2-15)25-19-9-11-23-13-19)16-3-7-18(8-4-16)26-20-10-12-24-14-20/h1-8,19-20H,9-14H2. The molecule has 0 saturated carbocycles. The average Bonchev–Trinajstić information content (AvgIpc) is 3.37. The van der Waals surface area contributed by atoms with E-state index in [2.05, 4.69) is 0 Å². The summed E-state index contributed by atoms with van der Waals surface area (Å²) in [6, 6.07) is 14.5. The lowest BCUT2D eigenvalue weighted by Crippen LogP contribution is -2.15. The Bertz CT molecular complexity index is 663. The Balaban J connectivity index is 1.38. The van der Waals surface area contributed by atoms with Crippen molar-refractivity contribution in [2.45, 2.75) is 25.0 Å². The summed E-state index contributed by atoms with van der Waals surface area (Å²) >= 11 is 0. The molecule has 2 aliphatic heterocycles. The zero-order chi connectivity index (χ0) is 17.8. The maximum atomic E-state index is 12.6. The van der Waals surface area contributed by atoms with Crippen LogP contribution in [0.3, 0.4) is 0 Å². The molecule has 136 valence electrons. The first-order valence-electron chi connectivity index (χ1n) is 9.01. The van der Waals surface area contributed by atoms with Gasteiger partial charge in [0.2, 0.25) is 0 Å². The van der Waals surface area contributed by atoms with Crippen LogP contribution < -0.4 is 9.47 Å². The molecular formula is C21H22O5. The van der Waals surface area contributed by atoms with E-state index in [4.69, 9.17) is 18.9 Å². The van der Waals surface area contributed by atoms with Gasteiger partial charge in [0.25, 0.3) is 0 Å². The highest BCUT2D eigenvalue weighted by Crippen LogP contribution is 2.21. The number of benzene rings is 2. The van der Waals surface area contributed by atoms with Crippen molar-refractivity contribution in [2.75, 3.05) is 26.4 Å². The molecule has 26 heavy (non-hydrogen) atoms. The maximum absolute atomic E-state index is 12.6. The predicted octanol–water partition coefficient (Wildman–Crippen LogP) is 3.25. The molecule has 2 fully saturated rings. The van der Waals surface area contributed by atoms with Crippen molar-refractivity contribution in [1.82, 2.24) is 0 Å². The maximum Gasteiger partial charge on any atom is 0.193 e. The van der Waals surface area contributed by atoms with Crippen LogP contribution in [0.5, 0.6) is 11.5 Å². The van der Waals surface area contributed by atoms with E-state index >= 15 is 0 Å². The van der Waals surface area contributed by atoms with Crippen molar-refractivity contribution < 1.29 is 23.7 Å². The Morgan fingerprint density at radius 1 is 0.731 bits per heavy atom. The molecule has 0 aromatic heterocycles. The van der Waals surface area contributed by atoms with Crippen LogP contribution in [0.4, 0.5) is 0 Å². The van der Waals surface area contributed by atoms with E-state index in [1.165, 1.54) is 0 Å². The van der Waals surface area contributed by atoms with Crippen LogP contribution in [0.2, 0.25) is 0 Å². The van der Waals surface area contributed by atoms with Gasteiger partial charge in [-0.25, -0.2) is 0 Å². The highest BCUT2D eigenvalue weighted by atomic mass is 16.5. The lowest BCUT2D eigenvalue weighted by atomic mass is 10.0. The van der Waals surface area contributed by atoms with E-state index < -0.39 is 0 Å². The van der Waals surface area contributed by atoms with Crippen LogP contribution in [0.25, 0.3) is 0 Å². The van der Waals surface area contributed by atoms with E-state index in [-0.39, 0.29) is 18.0 Å². The molecule has 2 aromatic rings. The van der Waals surface area contributed by atoms with E-state index in [1.54, 1.807) is 24.3 Å². The fourth-order valence-corrected chi connectivity index (χ4v) is 3.13. The molecule has 4 rings (SSSR count). The molecule has 0 N–H and O–H groups in total. The lowest BCUT2D eigenvalue weighted by molar-refractivity contribution is 0.103. The van der Waals surface area contributed by atoms with Crippen LogP contribution in [0, 0.1) is 0 Å². The monoisotopic (exact) mass is 354 g/mol. The topological polar surface area (TPSA) is 54.0 Å². The van der Waals surface area contributed by atoms with Crippen molar-refractivity contribution in [3.8, 4) is 11.5 Å².